The van der Waals surface area contributed by atoms with Crippen LogP contribution in [0.25, 0.3) is 0 Å². The van der Waals surface area contributed by atoms with Gasteiger partial charge in [-0.05, 0) is 12.1 Å². The number of rotatable bonds is 5. The van der Waals surface area contributed by atoms with E-state index in [2.05, 4.69) is 10.1 Å². The first-order chi connectivity index (χ1) is 8.36. The van der Waals surface area contributed by atoms with Crippen molar-refractivity contribution in [2.24, 2.45) is 0 Å². The Morgan fingerprint density at radius 1 is 1.44 bits per heavy atom. The normalized spacial score (nSPS) is 11.3. The fourth-order valence-electron chi connectivity index (χ4n) is 1.42. The Bertz CT molecular complexity index is 542. The molecule has 1 aromatic carbocycles. The van der Waals surface area contributed by atoms with Gasteiger partial charge in [0.15, 0.2) is 9.84 Å². The van der Waals surface area contributed by atoms with Crippen LogP contribution in [0.2, 0.25) is 5.02 Å². The quantitative estimate of drug-likeness (QED) is 0.820. The number of hydrogen-bond donors (Lipinski definition) is 1. The summed E-state index contributed by atoms with van der Waals surface area (Å²) in [5, 5.41) is 3.13. The van der Waals surface area contributed by atoms with Crippen LogP contribution in [0.1, 0.15) is 5.56 Å². The summed E-state index contributed by atoms with van der Waals surface area (Å²) >= 11 is 5.96. The zero-order chi connectivity index (χ0) is 13.8. The highest BCUT2D eigenvalue weighted by molar-refractivity contribution is 7.90. The standard InChI is InChI=1S/C11H14ClNO4S/c1-17-11(14)7-13-6-8-9(12)4-3-5-10(8)18(2,15)16/h3-5,13H,6-7H2,1-2H3. The Morgan fingerprint density at radius 2 is 2.11 bits per heavy atom. The van der Waals surface area contributed by atoms with Crippen LogP contribution in [0.4, 0.5) is 0 Å². The van der Waals surface area contributed by atoms with Crippen LogP contribution in [-0.4, -0.2) is 34.3 Å². The van der Waals surface area contributed by atoms with E-state index in [-0.39, 0.29) is 18.0 Å². The number of halogens is 1. The molecule has 1 rings (SSSR count). The summed E-state index contributed by atoms with van der Waals surface area (Å²) in [6, 6.07) is 4.66. The minimum Gasteiger partial charge on any atom is -0.468 e. The predicted molar refractivity (Wildman–Crippen MR) is 68.3 cm³/mol. The van der Waals surface area contributed by atoms with Crippen molar-refractivity contribution < 1.29 is 17.9 Å². The number of benzene rings is 1. The lowest BCUT2D eigenvalue weighted by atomic mass is 10.2. The molecule has 5 nitrogen and oxygen atoms in total. The molecule has 1 aromatic rings. The monoisotopic (exact) mass is 291 g/mol. The van der Waals surface area contributed by atoms with Crippen LogP contribution in [0.15, 0.2) is 23.1 Å². The molecule has 0 fully saturated rings. The Kier molecular flexibility index (Phi) is 5.13. The molecule has 1 N–H and O–H groups in total. The maximum absolute atomic E-state index is 11.6. The minimum absolute atomic E-state index is 0.00900. The molecule has 0 amide bonds. The van der Waals surface area contributed by atoms with E-state index in [0.29, 0.717) is 10.6 Å². The lowest BCUT2D eigenvalue weighted by Gasteiger charge is -2.10. The van der Waals surface area contributed by atoms with Gasteiger partial charge in [-0.15, -0.1) is 0 Å². The van der Waals surface area contributed by atoms with E-state index in [1.54, 1.807) is 12.1 Å². The SMILES string of the molecule is COC(=O)CNCc1c(Cl)cccc1S(C)(=O)=O. The molecule has 0 aliphatic carbocycles. The molecule has 0 heterocycles. The van der Waals surface area contributed by atoms with Crippen molar-refractivity contribution in [3.05, 3.63) is 28.8 Å². The van der Waals surface area contributed by atoms with Gasteiger partial charge in [0, 0.05) is 23.4 Å². The van der Waals surface area contributed by atoms with E-state index in [1.807, 2.05) is 0 Å². The highest BCUT2D eigenvalue weighted by Crippen LogP contribution is 2.23. The number of methoxy groups -OCH3 is 1. The second-order valence-electron chi connectivity index (χ2n) is 3.67. The molecule has 0 atom stereocenters. The molecule has 0 aromatic heterocycles. The van der Waals surface area contributed by atoms with Gasteiger partial charge in [0.05, 0.1) is 18.6 Å². The Labute approximate surface area is 111 Å². The summed E-state index contributed by atoms with van der Waals surface area (Å²) in [5.74, 6) is -0.428. The van der Waals surface area contributed by atoms with E-state index in [4.69, 9.17) is 11.6 Å². The molecule has 18 heavy (non-hydrogen) atoms. The number of carbonyl (C=O) groups is 1. The van der Waals surface area contributed by atoms with Crippen LogP contribution in [-0.2, 0) is 25.9 Å². The highest BCUT2D eigenvalue weighted by atomic mass is 35.5. The summed E-state index contributed by atoms with van der Waals surface area (Å²) in [4.78, 5) is 11.1. The summed E-state index contributed by atoms with van der Waals surface area (Å²) in [5.41, 5.74) is 0.450. The number of ether oxygens (including phenoxy) is 1. The minimum atomic E-state index is -3.35. The Hall–Kier alpha value is -1.11. The third-order valence-corrected chi connectivity index (χ3v) is 3.81. The number of carbonyl (C=O) groups excluding carboxylic acids is 1. The average molecular weight is 292 g/mol. The van der Waals surface area contributed by atoms with E-state index in [1.165, 1.54) is 13.2 Å². The van der Waals surface area contributed by atoms with Gasteiger partial charge in [-0.25, -0.2) is 8.42 Å². The molecule has 0 spiro atoms. The van der Waals surface area contributed by atoms with Crippen LogP contribution in [0, 0.1) is 0 Å². The first-order valence-electron chi connectivity index (χ1n) is 5.11. The summed E-state index contributed by atoms with van der Waals surface area (Å²) in [6.45, 7) is 0.169. The smallest absolute Gasteiger partial charge is 0.319 e. The summed E-state index contributed by atoms with van der Waals surface area (Å²) in [6.07, 6.45) is 1.11. The van der Waals surface area contributed by atoms with Crippen LogP contribution in [0.3, 0.4) is 0 Å². The zero-order valence-electron chi connectivity index (χ0n) is 10.1. The molecular formula is C11H14ClNO4S. The highest BCUT2D eigenvalue weighted by Gasteiger charge is 2.15. The molecule has 0 unspecified atom stereocenters. The first-order valence-corrected chi connectivity index (χ1v) is 7.38. The number of sulfone groups is 1. The number of esters is 1. The molecule has 7 heteroatoms. The average Bonchev–Trinajstić information content (AvgIpc) is 2.29. The zero-order valence-corrected chi connectivity index (χ0v) is 11.6. The molecule has 0 radical (unpaired) electrons. The number of hydrogen-bond acceptors (Lipinski definition) is 5. The van der Waals surface area contributed by atoms with Gasteiger partial charge >= 0.3 is 5.97 Å². The van der Waals surface area contributed by atoms with Gasteiger partial charge in [-0.1, -0.05) is 17.7 Å². The van der Waals surface area contributed by atoms with Crippen LogP contribution in [0.5, 0.6) is 0 Å². The second-order valence-corrected chi connectivity index (χ2v) is 6.06. The van der Waals surface area contributed by atoms with Crippen molar-refractivity contribution in [1.82, 2.24) is 5.32 Å². The van der Waals surface area contributed by atoms with Crippen molar-refractivity contribution in [2.45, 2.75) is 11.4 Å². The predicted octanol–water partition coefficient (Wildman–Crippen LogP) is 1.01. The van der Waals surface area contributed by atoms with Gasteiger partial charge in [0.2, 0.25) is 0 Å². The Morgan fingerprint density at radius 3 is 2.67 bits per heavy atom. The van der Waals surface area contributed by atoms with Gasteiger partial charge in [-0.2, -0.15) is 0 Å². The largest absolute Gasteiger partial charge is 0.468 e. The second kappa shape index (κ2) is 6.17. The molecule has 0 bridgehead atoms. The maximum Gasteiger partial charge on any atom is 0.319 e. The van der Waals surface area contributed by atoms with Crippen molar-refractivity contribution in [2.75, 3.05) is 19.9 Å². The molecule has 0 saturated heterocycles. The molecular weight excluding hydrogens is 278 g/mol. The van der Waals surface area contributed by atoms with E-state index >= 15 is 0 Å². The van der Waals surface area contributed by atoms with Gasteiger partial charge in [-0.3, -0.25) is 4.79 Å². The lowest BCUT2D eigenvalue weighted by Crippen LogP contribution is -2.24. The van der Waals surface area contributed by atoms with Crippen LogP contribution < -0.4 is 5.32 Å². The summed E-state index contributed by atoms with van der Waals surface area (Å²) in [7, 11) is -2.07. The lowest BCUT2D eigenvalue weighted by molar-refractivity contribution is -0.139. The van der Waals surface area contributed by atoms with Crippen molar-refractivity contribution >= 4 is 27.4 Å². The van der Waals surface area contributed by atoms with Gasteiger partial charge in [0.1, 0.15) is 0 Å². The third kappa shape index (κ3) is 3.97. The maximum atomic E-state index is 11.6. The molecule has 100 valence electrons. The van der Waals surface area contributed by atoms with E-state index in [0.717, 1.165) is 6.26 Å². The van der Waals surface area contributed by atoms with Crippen LogP contribution >= 0.6 is 11.6 Å². The summed E-state index contributed by atoms with van der Waals surface area (Å²) < 4.78 is 27.6. The fraction of sp³-hybridized carbons (Fsp3) is 0.364. The topological polar surface area (TPSA) is 72.5 Å². The number of nitrogens with one attached hydrogen (secondary N) is 1. The van der Waals surface area contributed by atoms with Gasteiger partial charge in [0.25, 0.3) is 0 Å². The van der Waals surface area contributed by atoms with Crippen molar-refractivity contribution in [1.29, 1.82) is 0 Å². The van der Waals surface area contributed by atoms with E-state index in [9.17, 15) is 13.2 Å². The van der Waals surface area contributed by atoms with Gasteiger partial charge < -0.3 is 10.1 Å². The fourth-order valence-corrected chi connectivity index (χ4v) is 2.67. The molecule has 0 saturated carbocycles. The molecule has 0 aliphatic heterocycles. The Balaban J connectivity index is 2.91. The van der Waals surface area contributed by atoms with E-state index < -0.39 is 15.8 Å². The first kappa shape index (κ1) is 14.9. The van der Waals surface area contributed by atoms with Crippen molar-refractivity contribution in [3.8, 4) is 0 Å². The molecule has 0 aliphatic rings. The van der Waals surface area contributed by atoms with Crippen molar-refractivity contribution in [3.63, 3.8) is 0 Å². The third-order valence-electron chi connectivity index (χ3n) is 2.27.